The second-order valence-corrected chi connectivity index (χ2v) is 6.04. The molecule has 1 N–H and O–H groups in total. The minimum absolute atomic E-state index is 0.463. The zero-order valence-electron chi connectivity index (χ0n) is 10.9. The molecule has 16 heavy (non-hydrogen) atoms. The van der Waals surface area contributed by atoms with Crippen LogP contribution >= 0.6 is 0 Å². The molecule has 0 spiro atoms. The lowest BCUT2D eigenvalue weighted by Crippen LogP contribution is -2.43. The summed E-state index contributed by atoms with van der Waals surface area (Å²) in [6, 6.07) is 0.598. The van der Waals surface area contributed by atoms with E-state index in [2.05, 4.69) is 19.2 Å². The summed E-state index contributed by atoms with van der Waals surface area (Å²) in [6.45, 7) is 7.62. The van der Waals surface area contributed by atoms with Crippen LogP contribution in [-0.2, 0) is 4.74 Å². The van der Waals surface area contributed by atoms with Gasteiger partial charge in [-0.05, 0) is 25.2 Å². The summed E-state index contributed by atoms with van der Waals surface area (Å²) in [7, 11) is 0. The molecule has 0 amide bonds. The molecular formula is C14H27NO. The lowest BCUT2D eigenvalue weighted by atomic mass is 9.68. The van der Waals surface area contributed by atoms with Gasteiger partial charge >= 0.3 is 0 Å². The van der Waals surface area contributed by atoms with Crippen molar-refractivity contribution >= 4 is 0 Å². The van der Waals surface area contributed by atoms with Crippen LogP contribution in [0.2, 0.25) is 0 Å². The van der Waals surface area contributed by atoms with E-state index >= 15 is 0 Å². The van der Waals surface area contributed by atoms with Crippen molar-refractivity contribution in [1.29, 1.82) is 0 Å². The average molecular weight is 225 g/mol. The van der Waals surface area contributed by atoms with Crippen LogP contribution in [0, 0.1) is 11.3 Å². The zero-order chi connectivity index (χ0) is 11.4. The van der Waals surface area contributed by atoms with Crippen LogP contribution in [0.25, 0.3) is 0 Å². The summed E-state index contributed by atoms with van der Waals surface area (Å²) in [5, 5.41) is 3.65. The molecule has 0 bridgehead atoms. The number of ether oxygens (including phenoxy) is 1. The van der Waals surface area contributed by atoms with Crippen LogP contribution in [0.4, 0.5) is 0 Å². The number of nitrogens with one attached hydrogen (secondary N) is 1. The van der Waals surface area contributed by atoms with Crippen LogP contribution in [0.1, 0.15) is 52.4 Å². The smallest absolute Gasteiger partial charge is 0.0538 e. The van der Waals surface area contributed by atoms with E-state index in [4.69, 9.17) is 4.74 Å². The van der Waals surface area contributed by atoms with Crippen molar-refractivity contribution in [2.24, 2.45) is 11.3 Å². The SMILES string of the molecule is CC(C)NCC1(C2CCCCC2)CCOC1. The molecule has 1 aliphatic heterocycles. The van der Waals surface area contributed by atoms with Gasteiger partial charge < -0.3 is 10.1 Å². The third kappa shape index (κ3) is 2.78. The van der Waals surface area contributed by atoms with E-state index in [0.29, 0.717) is 11.5 Å². The molecule has 1 heterocycles. The summed E-state index contributed by atoms with van der Waals surface area (Å²) in [5.74, 6) is 0.912. The van der Waals surface area contributed by atoms with Crippen molar-refractivity contribution in [2.75, 3.05) is 19.8 Å². The predicted molar refractivity (Wildman–Crippen MR) is 67.6 cm³/mol. The first-order valence-electron chi connectivity index (χ1n) is 7.04. The molecule has 1 saturated carbocycles. The van der Waals surface area contributed by atoms with E-state index in [-0.39, 0.29) is 0 Å². The molecule has 1 atom stereocenters. The van der Waals surface area contributed by atoms with E-state index in [0.717, 1.165) is 25.7 Å². The molecule has 2 fully saturated rings. The molecule has 0 aromatic heterocycles. The van der Waals surface area contributed by atoms with Crippen molar-refractivity contribution in [1.82, 2.24) is 5.32 Å². The molecule has 2 nitrogen and oxygen atoms in total. The number of hydrogen-bond donors (Lipinski definition) is 1. The second kappa shape index (κ2) is 5.50. The fourth-order valence-electron chi connectivity index (χ4n) is 3.35. The van der Waals surface area contributed by atoms with Crippen LogP contribution in [0.15, 0.2) is 0 Å². The van der Waals surface area contributed by atoms with Crippen LogP contribution in [0.5, 0.6) is 0 Å². The maximum Gasteiger partial charge on any atom is 0.0538 e. The first-order valence-corrected chi connectivity index (χ1v) is 7.04. The summed E-state index contributed by atoms with van der Waals surface area (Å²) < 4.78 is 5.71. The topological polar surface area (TPSA) is 21.3 Å². The number of hydrogen-bond acceptors (Lipinski definition) is 2. The van der Waals surface area contributed by atoms with E-state index in [1.807, 2.05) is 0 Å². The maximum absolute atomic E-state index is 5.71. The van der Waals surface area contributed by atoms with Gasteiger partial charge in [-0.15, -0.1) is 0 Å². The van der Waals surface area contributed by atoms with Gasteiger partial charge in [-0.2, -0.15) is 0 Å². The lowest BCUT2D eigenvalue weighted by molar-refractivity contribution is 0.0803. The van der Waals surface area contributed by atoms with Gasteiger partial charge in [0, 0.05) is 24.6 Å². The Hall–Kier alpha value is -0.0800. The van der Waals surface area contributed by atoms with Crippen molar-refractivity contribution in [3.63, 3.8) is 0 Å². The fourth-order valence-corrected chi connectivity index (χ4v) is 3.35. The largest absolute Gasteiger partial charge is 0.381 e. The molecule has 1 aliphatic carbocycles. The van der Waals surface area contributed by atoms with Crippen molar-refractivity contribution in [3.8, 4) is 0 Å². The summed E-state index contributed by atoms with van der Waals surface area (Å²) in [5.41, 5.74) is 0.463. The zero-order valence-corrected chi connectivity index (χ0v) is 10.9. The third-order valence-corrected chi connectivity index (χ3v) is 4.47. The molecule has 94 valence electrons. The van der Waals surface area contributed by atoms with Gasteiger partial charge in [0.15, 0.2) is 0 Å². The van der Waals surface area contributed by atoms with Crippen LogP contribution < -0.4 is 5.32 Å². The summed E-state index contributed by atoms with van der Waals surface area (Å²) in [4.78, 5) is 0. The van der Waals surface area contributed by atoms with Gasteiger partial charge in [0.25, 0.3) is 0 Å². The van der Waals surface area contributed by atoms with E-state index in [1.54, 1.807) is 0 Å². The minimum Gasteiger partial charge on any atom is -0.381 e. The van der Waals surface area contributed by atoms with Gasteiger partial charge in [-0.1, -0.05) is 33.1 Å². The van der Waals surface area contributed by atoms with Crippen molar-refractivity contribution < 1.29 is 4.74 Å². The molecule has 0 aromatic rings. The van der Waals surface area contributed by atoms with Crippen LogP contribution in [-0.4, -0.2) is 25.8 Å². The predicted octanol–water partition coefficient (Wildman–Crippen LogP) is 2.97. The molecule has 1 saturated heterocycles. The Labute approximate surface area is 100 Å². The second-order valence-electron chi connectivity index (χ2n) is 6.04. The normalized spacial score (nSPS) is 32.4. The van der Waals surface area contributed by atoms with Gasteiger partial charge in [-0.25, -0.2) is 0 Å². The van der Waals surface area contributed by atoms with Crippen LogP contribution in [0.3, 0.4) is 0 Å². The standard InChI is InChI=1S/C14H27NO/c1-12(2)15-10-14(8-9-16-11-14)13-6-4-3-5-7-13/h12-13,15H,3-11H2,1-2H3. The highest BCUT2D eigenvalue weighted by molar-refractivity contribution is 4.93. The average Bonchev–Trinajstić information content (AvgIpc) is 2.78. The fraction of sp³-hybridized carbons (Fsp3) is 1.00. The Morgan fingerprint density at radius 3 is 2.56 bits per heavy atom. The Morgan fingerprint density at radius 2 is 2.00 bits per heavy atom. The van der Waals surface area contributed by atoms with Gasteiger partial charge in [0.2, 0.25) is 0 Å². The summed E-state index contributed by atoms with van der Waals surface area (Å²) >= 11 is 0. The molecule has 2 rings (SSSR count). The van der Waals surface area contributed by atoms with E-state index in [9.17, 15) is 0 Å². The van der Waals surface area contributed by atoms with Gasteiger partial charge in [0.1, 0.15) is 0 Å². The third-order valence-electron chi connectivity index (χ3n) is 4.47. The van der Waals surface area contributed by atoms with E-state index < -0.39 is 0 Å². The van der Waals surface area contributed by atoms with Gasteiger partial charge in [-0.3, -0.25) is 0 Å². The summed E-state index contributed by atoms with van der Waals surface area (Å²) in [6.07, 6.45) is 8.47. The van der Waals surface area contributed by atoms with Gasteiger partial charge in [0.05, 0.1) is 6.61 Å². The Bertz CT molecular complexity index is 203. The highest BCUT2D eigenvalue weighted by atomic mass is 16.5. The first kappa shape index (κ1) is 12.4. The molecule has 0 radical (unpaired) electrons. The molecule has 2 aliphatic rings. The molecule has 1 unspecified atom stereocenters. The quantitative estimate of drug-likeness (QED) is 0.794. The highest BCUT2D eigenvalue weighted by Gasteiger charge is 2.42. The monoisotopic (exact) mass is 225 g/mol. The van der Waals surface area contributed by atoms with Crippen molar-refractivity contribution in [3.05, 3.63) is 0 Å². The van der Waals surface area contributed by atoms with E-state index in [1.165, 1.54) is 38.5 Å². The lowest BCUT2D eigenvalue weighted by Gasteiger charge is -2.39. The number of rotatable bonds is 4. The van der Waals surface area contributed by atoms with Crippen molar-refractivity contribution in [2.45, 2.75) is 58.4 Å². The Balaban J connectivity index is 1.96. The Kier molecular flexibility index (Phi) is 4.26. The highest BCUT2D eigenvalue weighted by Crippen LogP contribution is 2.43. The molecular weight excluding hydrogens is 198 g/mol. The maximum atomic E-state index is 5.71. The minimum atomic E-state index is 0.463. The first-order chi connectivity index (χ1) is 7.73. The molecule has 0 aromatic carbocycles. The molecule has 2 heteroatoms. The Morgan fingerprint density at radius 1 is 1.25 bits per heavy atom.